The van der Waals surface area contributed by atoms with Crippen LogP contribution in [0.2, 0.25) is 0 Å². The molecule has 8 unspecified atom stereocenters. The second-order valence-electron chi connectivity index (χ2n) is 10.3. The molecule has 0 N–H and O–H groups in total. The Morgan fingerprint density at radius 3 is 2.69 bits per heavy atom. The fourth-order valence-corrected chi connectivity index (χ4v) is 7.70. The third-order valence-corrected chi connectivity index (χ3v) is 9.10. The topological polar surface area (TPSA) is 34.1 Å². The summed E-state index contributed by atoms with van der Waals surface area (Å²) in [6.45, 7) is 8.97. The van der Waals surface area contributed by atoms with Gasteiger partial charge in [-0.05, 0) is 80.5 Å². The molecule has 0 aromatic rings. The summed E-state index contributed by atoms with van der Waals surface area (Å²) in [6.07, 6.45) is 13.3. The third kappa shape index (κ3) is 2.43. The van der Waals surface area contributed by atoms with E-state index >= 15 is 0 Å². The van der Waals surface area contributed by atoms with Gasteiger partial charge in [-0.2, -0.15) is 0 Å². The molecule has 26 heavy (non-hydrogen) atoms. The molecule has 144 valence electrons. The van der Waals surface area contributed by atoms with Crippen LogP contribution in [0.4, 0.5) is 0 Å². The highest BCUT2D eigenvalue weighted by Crippen LogP contribution is 2.68. The first-order valence-electron chi connectivity index (χ1n) is 11.1. The predicted molar refractivity (Wildman–Crippen MR) is 105 cm³/mol. The first-order valence-corrected chi connectivity index (χ1v) is 11.1. The number of carbonyl (C=O) groups is 2. The molecule has 0 bridgehead atoms. The molecule has 4 saturated carbocycles. The Hall–Kier alpha value is -0.920. The second kappa shape index (κ2) is 6.31. The number of hydrogen-bond acceptors (Lipinski definition) is 2. The Morgan fingerprint density at radius 2 is 2.08 bits per heavy atom. The van der Waals surface area contributed by atoms with E-state index in [0.717, 1.165) is 19.3 Å². The van der Waals surface area contributed by atoms with Crippen LogP contribution in [0.1, 0.15) is 79.1 Å². The SMILES string of the molecule is CCC(C=C1CCCC2(C)C1CCC2C(C)C=O)C12CC1CC(C)C2=O. The van der Waals surface area contributed by atoms with E-state index in [4.69, 9.17) is 0 Å². The predicted octanol–water partition coefficient (Wildman–Crippen LogP) is 5.61. The van der Waals surface area contributed by atoms with Crippen LogP contribution in [-0.2, 0) is 9.59 Å². The second-order valence-corrected chi connectivity index (χ2v) is 10.3. The van der Waals surface area contributed by atoms with E-state index in [0.29, 0.717) is 29.5 Å². The lowest BCUT2D eigenvalue weighted by Gasteiger charge is -2.44. The minimum absolute atomic E-state index is 0.00308. The summed E-state index contributed by atoms with van der Waals surface area (Å²) in [5, 5.41) is 0. The number of Topliss-reactive ketones (excluding diaryl/α,β-unsaturated/α-hetero) is 1. The number of allylic oxidation sites excluding steroid dienone is 2. The van der Waals surface area contributed by atoms with Crippen molar-refractivity contribution in [2.75, 3.05) is 0 Å². The highest BCUT2D eigenvalue weighted by Gasteiger charge is 2.67. The lowest BCUT2D eigenvalue weighted by atomic mass is 9.61. The van der Waals surface area contributed by atoms with Crippen LogP contribution in [0.5, 0.6) is 0 Å². The number of hydrogen-bond donors (Lipinski definition) is 0. The molecule has 0 radical (unpaired) electrons. The molecule has 8 atom stereocenters. The summed E-state index contributed by atoms with van der Waals surface area (Å²) >= 11 is 0. The van der Waals surface area contributed by atoms with Crippen molar-refractivity contribution in [3.63, 3.8) is 0 Å². The third-order valence-electron chi connectivity index (χ3n) is 9.10. The fraction of sp³-hybridized carbons (Fsp3) is 0.833. The summed E-state index contributed by atoms with van der Waals surface area (Å²) in [6, 6.07) is 0. The molecule has 2 heteroatoms. The van der Waals surface area contributed by atoms with Gasteiger partial charge in [-0.3, -0.25) is 4.79 Å². The van der Waals surface area contributed by atoms with Crippen molar-refractivity contribution >= 4 is 12.1 Å². The van der Waals surface area contributed by atoms with Crippen molar-refractivity contribution in [1.29, 1.82) is 0 Å². The summed E-state index contributed by atoms with van der Waals surface area (Å²) in [4.78, 5) is 24.4. The highest BCUT2D eigenvalue weighted by atomic mass is 16.1. The van der Waals surface area contributed by atoms with Gasteiger partial charge in [-0.25, -0.2) is 0 Å². The van der Waals surface area contributed by atoms with Crippen LogP contribution < -0.4 is 0 Å². The standard InChI is InChI=1S/C24H36O2/c1-5-18(24-13-19(24)11-15(2)22(24)26)12-17-7-6-10-23(4)20(16(3)14-25)8-9-21(17)23/h12,14-16,18-21H,5-11,13H2,1-4H3. The molecular formula is C24H36O2. The zero-order valence-corrected chi connectivity index (χ0v) is 17.1. The average molecular weight is 357 g/mol. The van der Waals surface area contributed by atoms with Gasteiger partial charge in [0, 0.05) is 17.3 Å². The zero-order chi connectivity index (χ0) is 18.7. The quantitative estimate of drug-likeness (QED) is 0.474. The van der Waals surface area contributed by atoms with E-state index in [1.807, 2.05) is 0 Å². The van der Waals surface area contributed by atoms with Crippen LogP contribution in [0.3, 0.4) is 0 Å². The van der Waals surface area contributed by atoms with E-state index in [-0.39, 0.29) is 22.7 Å². The van der Waals surface area contributed by atoms with Gasteiger partial charge in [0.05, 0.1) is 0 Å². The van der Waals surface area contributed by atoms with Gasteiger partial charge in [-0.1, -0.05) is 39.3 Å². The summed E-state index contributed by atoms with van der Waals surface area (Å²) in [7, 11) is 0. The smallest absolute Gasteiger partial charge is 0.142 e. The Morgan fingerprint density at radius 1 is 1.31 bits per heavy atom. The van der Waals surface area contributed by atoms with Crippen molar-refractivity contribution < 1.29 is 9.59 Å². The van der Waals surface area contributed by atoms with Crippen molar-refractivity contribution in [3.8, 4) is 0 Å². The summed E-state index contributed by atoms with van der Waals surface area (Å²) < 4.78 is 0. The van der Waals surface area contributed by atoms with E-state index in [1.54, 1.807) is 5.57 Å². The van der Waals surface area contributed by atoms with Crippen LogP contribution in [0.15, 0.2) is 11.6 Å². The van der Waals surface area contributed by atoms with Crippen LogP contribution >= 0.6 is 0 Å². The van der Waals surface area contributed by atoms with Crippen molar-refractivity contribution in [2.24, 2.45) is 46.3 Å². The molecule has 4 rings (SSSR count). The maximum atomic E-state index is 12.9. The van der Waals surface area contributed by atoms with E-state index in [9.17, 15) is 9.59 Å². The molecule has 4 fully saturated rings. The lowest BCUT2D eigenvalue weighted by molar-refractivity contribution is -0.127. The van der Waals surface area contributed by atoms with E-state index < -0.39 is 0 Å². The molecule has 0 saturated heterocycles. The van der Waals surface area contributed by atoms with Gasteiger partial charge < -0.3 is 4.79 Å². The molecule has 0 heterocycles. The number of carbonyl (C=O) groups excluding carboxylic acids is 2. The van der Waals surface area contributed by atoms with Crippen molar-refractivity contribution in [1.82, 2.24) is 0 Å². The molecule has 0 aromatic carbocycles. The van der Waals surface area contributed by atoms with Gasteiger partial charge >= 0.3 is 0 Å². The number of fused-ring (bicyclic) bond motifs is 2. The molecule has 4 aliphatic rings. The Labute approximate surface area is 159 Å². The maximum Gasteiger partial charge on any atom is 0.142 e. The van der Waals surface area contributed by atoms with E-state index in [1.165, 1.54) is 38.4 Å². The van der Waals surface area contributed by atoms with E-state index in [2.05, 4.69) is 33.8 Å². The molecule has 0 aromatic heterocycles. The number of rotatable bonds is 5. The first-order chi connectivity index (χ1) is 12.4. The molecule has 0 amide bonds. The minimum Gasteiger partial charge on any atom is -0.303 e. The average Bonchev–Trinajstić information content (AvgIpc) is 3.13. The number of aldehydes is 1. The van der Waals surface area contributed by atoms with Crippen molar-refractivity contribution in [3.05, 3.63) is 11.6 Å². The van der Waals surface area contributed by atoms with Crippen LogP contribution in [0.25, 0.3) is 0 Å². The fourth-order valence-electron chi connectivity index (χ4n) is 7.70. The zero-order valence-electron chi connectivity index (χ0n) is 17.1. The van der Waals surface area contributed by atoms with Crippen LogP contribution in [-0.4, -0.2) is 12.1 Å². The minimum atomic E-state index is 0.00308. The Kier molecular flexibility index (Phi) is 4.48. The largest absolute Gasteiger partial charge is 0.303 e. The monoisotopic (exact) mass is 356 g/mol. The summed E-state index contributed by atoms with van der Waals surface area (Å²) in [5.74, 6) is 3.30. The highest BCUT2D eigenvalue weighted by molar-refractivity contribution is 5.93. The van der Waals surface area contributed by atoms with Gasteiger partial charge in [0.1, 0.15) is 12.1 Å². The van der Waals surface area contributed by atoms with Gasteiger partial charge in [-0.15, -0.1) is 0 Å². The normalized spacial score (nSPS) is 48.2. The maximum absolute atomic E-state index is 12.9. The summed E-state index contributed by atoms with van der Waals surface area (Å²) in [5.41, 5.74) is 1.93. The molecule has 4 aliphatic carbocycles. The Balaban J connectivity index is 1.61. The molecule has 2 nitrogen and oxygen atoms in total. The van der Waals surface area contributed by atoms with Crippen LogP contribution in [0, 0.1) is 46.3 Å². The molecule has 0 aliphatic heterocycles. The lowest BCUT2D eigenvalue weighted by Crippen LogP contribution is -2.36. The number of ketones is 1. The molecular weight excluding hydrogens is 320 g/mol. The first kappa shape index (κ1) is 18.4. The Bertz CT molecular complexity index is 634. The molecule has 0 spiro atoms. The van der Waals surface area contributed by atoms with Gasteiger partial charge in [0.2, 0.25) is 0 Å². The van der Waals surface area contributed by atoms with Gasteiger partial charge in [0.15, 0.2) is 0 Å². The van der Waals surface area contributed by atoms with Crippen molar-refractivity contribution in [2.45, 2.75) is 79.1 Å². The van der Waals surface area contributed by atoms with Gasteiger partial charge in [0.25, 0.3) is 0 Å².